The van der Waals surface area contributed by atoms with Crippen LogP contribution >= 0.6 is 0 Å². The molecule has 2 amide bonds. The van der Waals surface area contributed by atoms with Gasteiger partial charge in [-0.1, -0.05) is 18.2 Å². The van der Waals surface area contributed by atoms with E-state index in [1.807, 2.05) is 54.6 Å². The number of hydrogen-bond donors (Lipinski definition) is 2. The smallest absolute Gasteiger partial charge is 0.268 e. The number of rotatable bonds is 6. The third-order valence-corrected chi connectivity index (χ3v) is 4.92. The van der Waals surface area contributed by atoms with E-state index >= 15 is 0 Å². The number of nitrogens with zero attached hydrogens (tertiary/aromatic N) is 1. The van der Waals surface area contributed by atoms with Crippen molar-refractivity contribution >= 4 is 23.3 Å². The number of para-hydroxylation sites is 1. The lowest BCUT2D eigenvalue weighted by Gasteiger charge is -2.17. The maximum absolute atomic E-state index is 12.5. The van der Waals surface area contributed by atoms with E-state index in [2.05, 4.69) is 10.3 Å². The number of carbonyl (C=O) groups excluding carboxylic acids is 3. The Hall–Kier alpha value is -3.87. The molecule has 2 N–H and O–H groups in total. The minimum atomic E-state index is -0.339. The van der Waals surface area contributed by atoms with Crippen LogP contribution in [0.25, 0.3) is 0 Å². The first-order valence-electron chi connectivity index (χ1n) is 9.63. The molecule has 0 spiro atoms. The molecule has 0 bridgehead atoms. The van der Waals surface area contributed by atoms with Gasteiger partial charge in [0.1, 0.15) is 17.2 Å². The van der Waals surface area contributed by atoms with Gasteiger partial charge in [0.25, 0.3) is 5.91 Å². The number of aromatic amines is 1. The maximum Gasteiger partial charge on any atom is 0.268 e. The van der Waals surface area contributed by atoms with Crippen LogP contribution in [0.4, 0.5) is 5.69 Å². The normalized spacial score (nSPS) is 15.8. The molecule has 7 heteroatoms. The van der Waals surface area contributed by atoms with Crippen LogP contribution < -0.4 is 15.0 Å². The molecule has 3 aromatic rings. The summed E-state index contributed by atoms with van der Waals surface area (Å²) in [5, 5.41) is 2.85. The summed E-state index contributed by atoms with van der Waals surface area (Å²) in [6.45, 7) is 1.82. The third kappa shape index (κ3) is 4.25. The first-order valence-corrected chi connectivity index (χ1v) is 9.63. The Labute approximate surface area is 173 Å². The summed E-state index contributed by atoms with van der Waals surface area (Å²) in [6, 6.07) is 17.9. The first-order chi connectivity index (χ1) is 14.5. The largest absolute Gasteiger partial charge is 0.457 e. The van der Waals surface area contributed by atoms with Crippen molar-refractivity contribution in [3.63, 3.8) is 0 Å². The van der Waals surface area contributed by atoms with Gasteiger partial charge < -0.3 is 19.9 Å². The zero-order valence-electron chi connectivity index (χ0n) is 16.4. The summed E-state index contributed by atoms with van der Waals surface area (Å²) in [5.74, 6) is 0.894. The van der Waals surface area contributed by atoms with Gasteiger partial charge >= 0.3 is 0 Å². The zero-order chi connectivity index (χ0) is 21.1. The highest BCUT2D eigenvalue weighted by atomic mass is 16.5. The van der Waals surface area contributed by atoms with Gasteiger partial charge in [-0.3, -0.25) is 14.4 Å². The van der Waals surface area contributed by atoms with Crippen LogP contribution in [-0.4, -0.2) is 35.2 Å². The van der Waals surface area contributed by atoms with Gasteiger partial charge in [-0.05, 0) is 49.4 Å². The topological polar surface area (TPSA) is 91.5 Å². The number of anilines is 1. The van der Waals surface area contributed by atoms with Crippen LogP contribution in [0, 0.1) is 0 Å². The number of hydrogen-bond acceptors (Lipinski definition) is 4. The number of ketones is 1. The molecule has 1 aliphatic rings. The average Bonchev–Trinajstić information content (AvgIpc) is 3.37. The summed E-state index contributed by atoms with van der Waals surface area (Å²) >= 11 is 0. The number of H-pyrrole nitrogens is 1. The third-order valence-electron chi connectivity index (χ3n) is 4.92. The molecule has 1 aromatic heterocycles. The fourth-order valence-corrected chi connectivity index (χ4v) is 3.36. The Balaban J connectivity index is 1.38. The van der Waals surface area contributed by atoms with Crippen molar-refractivity contribution in [2.75, 3.05) is 11.4 Å². The molecule has 30 heavy (non-hydrogen) atoms. The molecule has 4 rings (SSSR count). The van der Waals surface area contributed by atoms with Gasteiger partial charge in [0, 0.05) is 30.4 Å². The highest BCUT2D eigenvalue weighted by molar-refractivity contribution is 6.00. The number of Topliss-reactive ketones (excluding diaryl/α,β-unsaturated/α-hetero) is 1. The minimum absolute atomic E-state index is 0.0621. The average molecular weight is 403 g/mol. The van der Waals surface area contributed by atoms with Gasteiger partial charge in [0.05, 0.1) is 6.04 Å². The van der Waals surface area contributed by atoms with Gasteiger partial charge in [-0.25, -0.2) is 0 Å². The molecule has 1 saturated heterocycles. The molecule has 1 unspecified atom stereocenters. The number of aromatic nitrogens is 1. The number of ether oxygens (including phenoxy) is 1. The van der Waals surface area contributed by atoms with E-state index in [9.17, 15) is 14.4 Å². The molecule has 1 fully saturated rings. The predicted molar refractivity (Wildman–Crippen MR) is 112 cm³/mol. The number of nitrogens with one attached hydrogen (secondary N) is 2. The molecular weight excluding hydrogens is 382 g/mol. The van der Waals surface area contributed by atoms with Gasteiger partial charge in [0.2, 0.25) is 5.91 Å². The second-order valence-electron chi connectivity index (χ2n) is 7.15. The SMILES string of the molecule is CC(=O)c1c[nH]c(C(=O)NC2CC(=O)N(c3ccc(Oc4ccccc4)cc3)C2)c1. The summed E-state index contributed by atoms with van der Waals surface area (Å²) < 4.78 is 5.78. The van der Waals surface area contributed by atoms with E-state index in [-0.39, 0.29) is 30.1 Å². The molecule has 7 nitrogen and oxygen atoms in total. The standard InChI is InChI=1S/C23H21N3O4/c1-15(27)16-11-21(24-13-16)23(29)25-17-12-22(28)26(14-17)18-7-9-20(10-8-18)30-19-5-3-2-4-6-19/h2-11,13,17,24H,12,14H2,1H3,(H,25,29). The molecule has 2 aromatic carbocycles. The zero-order valence-corrected chi connectivity index (χ0v) is 16.4. The second kappa shape index (κ2) is 8.24. The van der Waals surface area contributed by atoms with Crippen LogP contribution in [0.3, 0.4) is 0 Å². The van der Waals surface area contributed by atoms with E-state index in [1.54, 1.807) is 4.90 Å². The summed E-state index contributed by atoms with van der Waals surface area (Å²) in [4.78, 5) is 40.7. The summed E-state index contributed by atoms with van der Waals surface area (Å²) in [5.41, 5.74) is 1.49. The highest BCUT2D eigenvalue weighted by Crippen LogP contribution is 2.27. The van der Waals surface area contributed by atoms with E-state index < -0.39 is 0 Å². The molecule has 1 aliphatic heterocycles. The van der Waals surface area contributed by atoms with Crippen molar-refractivity contribution in [1.82, 2.24) is 10.3 Å². The monoisotopic (exact) mass is 403 g/mol. The van der Waals surface area contributed by atoms with Crippen molar-refractivity contribution < 1.29 is 19.1 Å². The van der Waals surface area contributed by atoms with Crippen LogP contribution in [0.2, 0.25) is 0 Å². The number of carbonyl (C=O) groups is 3. The number of amides is 2. The van der Waals surface area contributed by atoms with Crippen molar-refractivity contribution in [1.29, 1.82) is 0 Å². The lowest BCUT2D eigenvalue weighted by atomic mass is 10.2. The second-order valence-corrected chi connectivity index (χ2v) is 7.15. The van der Waals surface area contributed by atoms with Crippen LogP contribution in [0.5, 0.6) is 11.5 Å². The van der Waals surface area contributed by atoms with Crippen LogP contribution in [0.1, 0.15) is 34.2 Å². The lowest BCUT2D eigenvalue weighted by molar-refractivity contribution is -0.117. The van der Waals surface area contributed by atoms with Crippen LogP contribution in [0.15, 0.2) is 66.9 Å². The molecule has 1 atom stereocenters. The fraction of sp³-hybridized carbons (Fsp3) is 0.174. The molecule has 0 radical (unpaired) electrons. The fourth-order valence-electron chi connectivity index (χ4n) is 3.36. The Morgan fingerprint density at radius 1 is 1.07 bits per heavy atom. The maximum atomic E-state index is 12.5. The minimum Gasteiger partial charge on any atom is -0.457 e. The van der Waals surface area contributed by atoms with E-state index in [0.29, 0.717) is 23.6 Å². The van der Waals surface area contributed by atoms with Crippen molar-refractivity contribution in [2.24, 2.45) is 0 Å². The molecular formula is C23H21N3O4. The van der Waals surface area contributed by atoms with E-state index in [1.165, 1.54) is 19.2 Å². The van der Waals surface area contributed by atoms with E-state index in [0.717, 1.165) is 11.4 Å². The van der Waals surface area contributed by atoms with Gasteiger partial charge in [-0.2, -0.15) is 0 Å². The van der Waals surface area contributed by atoms with Crippen molar-refractivity contribution in [3.8, 4) is 11.5 Å². The molecule has 152 valence electrons. The Morgan fingerprint density at radius 2 is 1.77 bits per heavy atom. The van der Waals surface area contributed by atoms with Gasteiger partial charge in [-0.15, -0.1) is 0 Å². The number of benzene rings is 2. The van der Waals surface area contributed by atoms with Crippen molar-refractivity contribution in [3.05, 3.63) is 78.1 Å². The van der Waals surface area contributed by atoms with Crippen molar-refractivity contribution in [2.45, 2.75) is 19.4 Å². The molecule has 0 saturated carbocycles. The molecule has 0 aliphatic carbocycles. The Bertz CT molecular complexity index is 1070. The predicted octanol–water partition coefficient (Wildman–Crippen LogP) is 3.54. The highest BCUT2D eigenvalue weighted by Gasteiger charge is 2.32. The quantitative estimate of drug-likeness (QED) is 0.616. The summed E-state index contributed by atoms with van der Waals surface area (Å²) in [6.07, 6.45) is 1.72. The Morgan fingerprint density at radius 3 is 2.43 bits per heavy atom. The van der Waals surface area contributed by atoms with Gasteiger partial charge in [0.15, 0.2) is 5.78 Å². The summed E-state index contributed by atoms with van der Waals surface area (Å²) in [7, 11) is 0. The lowest BCUT2D eigenvalue weighted by Crippen LogP contribution is -2.37. The molecule has 2 heterocycles. The first kappa shape index (κ1) is 19.4. The van der Waals surface area contributed by atoms with Crippen LogP contribution in [-0.2, 0) is 4.79 Å². The van der Waals surface area contributed by atoms with E-state index in [4.69, 9.17) is 4.74 Å². The Kier molecular flexibility index (Phi) is 5.34.